The molecule has 4 aromatic rings. The topological polar surface area (TPSA) is 98.3 Å². The van der Waals surface area contributed by atoms with Gasteiger partial charge in [0.25, 0.3) is 0 Å². The van der Waals surface area contributed by atoms with Crippen LogP contribution in [0, 0.1) is 0 Å². The molecule has 2 aromatic heterocycles. The summed E-state index contributed by atoms with van der Waals surface area (Å²) in [5.41, 5.74) is 5.13. The summed E-state index contributed by atoms with van der Waals surface area (Å²) in [6.07, 6.45) is 6.92. The van der Waals surface area contributed by atoms with Gasteiger partial charge in [-0.15, -0.1) is 0 Å². The van der Waals surface area contributed by atoms with E-state index in [1.54, 1.807) is 18.5 Å². The summed E-state index contributed by atoms with van der Waals surface area (Å²) in [6, 6.07) is 17.9. The Balaban J connectivity index is 1.35. The van der Waals surface area contributed by atoms with Gasteiger partial charge in [-0.1, -0.05) is 18.2 Å². The second-order valence-corrected chi connectivity index (χ2v) is 9.43. The van der Waals surface area contributed by atoms with Crippen LogP contribution in [0.2, 0.25) is 0 Å². The number of fused-ring (bicyclic) bond motifs is 1. The Kier molecular flexibility index (Phi) is 7.86. The summed E-state index contributed by atoms with van der Waals surface area (Å²) < 4.78 is 0. The van der Waals surface area contributed by atoms with Gasteiger partial charge >= 0.3 is 0 Å². The Hall–Kier alpha value is -4.34. The molecule has 0 aliphatic carbocycles. The molecule has 0 unspecified atom stereocenters. The predicted molar refractivity (Wildman–Crippen MR) is 154 cm³/mol. The van der Waals surface area contributed by atoms with Crippen molar-refractivity contribution in [2.75, 3.05) is 62.4 Å². The number of aromatic nitrogens is 3. The van der Waals surface area contributed by atoms with Crippen molar-refractivity contribution in [1.82, 2.24) is 25.2 Å². The fourth-order valence-electron chi connectivity index (χ4n) is 4.33. The van der Waals surface area contributed by atoms with E-state index < -0.39 is 0 Å². The molecule has 1 fully saturated rings. The van der Waals surface area contributed by atoms with Crippen molar-refractivity contribution < 1.29 is 4.79 Å². The van der Waals surface area contributed by atoms with Crippen LogP contribution in [-0.4, -0.2) is 72.6 Å². The molecule has 5 rings (SSSR count). The number of carbonyl (C=O) groups excluding carboxylic acids is 1. The third-order valence-corrected chi connectivity index (χ3v) is 6.25. The number of nitrogens with zero attached hydrogens (tertiary/aromatic N) is 5. The molecule has 1 saturated heterocycles. The number of hydrogen-bond acceptors (Lipinski definition) is 8. The van der Waals surface area contributed by atoms with Gasteiger partial charge in [0, 0.05) is 79.2 Å². The molecular weight excluding hydrogens is 476 g/mol. The standard InChI is InChI=1S/C29H32N8O/c1-36(2)16-4-7-26(38)33-24-6-3-5-21(19-24)27-28-22(12-13-31-27)20-32-29(35-28)34-23-8-10-25(11-9-23)37-17-14-30-15-18-37/h3-13,19-20,30H,14-18H2,1-2H3,(H,33,38)(H,32,34,35). The molecule has 0 radical (unpaired) electrons. The quantitative estimate of drug-likeness (QED) is 0.308. The molecule has 0 spiro atoms. The zero-order chi connectivity index (χ0) is 26.3. The number of piperazine rings is 1. The number of anilines is 4. The maximum atomic E-state index is 12.3. The lowest BCUT2D eigenvalue weighted by molar-refractivity contribution is -0.111. The molecule has 1 amide bonds. The number of benzene rings is 2. The molecule has 3 heterocycles. The van der Waals surface area contributed by atoms with Crippen molar-refractivity contribution in [3.8, 4) is 11.3 Å². The van der Waals surface area contributed by atoms with Crippen molar-refractivity contribution in [2.45, 2.75) is 0 Å². The fourth-order valence-corrected chi connectivity index (χ4v) is 4.33. The molecule has 194 valence electrons. The first-order valence-corrected chi connectivity index (χ1v) is 12.7. The molecule has 0 atom stereocenters. The van der Waals surface area contributed by atoms with Crippen LogP contribution in [0.25, 0.3) is 22.2 Å². The molecule has 2 aromatic carbocycles. The van der Waals surface area contributed by atoms with E-state index in [9.17, 15) is 4.79 Å². The van der Waals surface area contributed by atoms with Gasteiger partial charge in [0.15, 0.2) is 0 Å². The Morgan fingerprint density at radius 2 is 1.87 bits per heavy atom. The highest BCUT2D eigenvalue weighted by molar-refractivity contribution is 6.00. The zero-order valence-electron chi connectivity index (χ0n) is 21.7. The summed E-state index contributed by atoms with van der Waals surface area (Å²) >= 11 is 0. The van der Waals surface area contributed by atoms with Gasteiger partial charge in [-0.25, -0.2) is 9.97 Å². The molecule has 9 nitrogen and oxygen atoms in total. The lowest BCUT2D eigenvalue weighted by Crippen LogP contribution is -2.43. The summed E-state index contributed by atoms with van der Waals surface area (Å²) in [6.45, 7) is 4.72. The van der Waals surface area contributed by atoms with Crippen molar-refractivity contribution in [3.05, 3.63) is 79.1 Å². The van der Waals surface area contributed by atoms with E-state index in [0.29, 0.717) is 18.2 Å². The van der Waals surface area contributed by atoms with Crippen LogP contribution >= 0.6 is 0 Å². The third kappa shape index (κ3) is 6.31. The maximum absolute atomic E-state index is 12.3. The van der Waals surface area contributed by atoms with Gasteiger partial charge in [0.05, 0.1) is 5.69 Å². The van der Waals surface area contributed by atoms with Gasteiger partial charge in [-0.05, 0) is 56.6 Å². The predicted octanol–water partition coefficient (Wildman–Crippen LogP) is 3.90. The van der Waals surface area contributed by atoms with Gasteiger partial charge in [0.1, 0.15) is 5.52 Å². The van der Waals surface area contributed by atoms with Crippen molar-refractivity contribution in [3.63, 3.8) is 0 Å². The van der Waals surface area contributed by atoms with Gasteiger partial charge in [0.2, 0.25) is 11.9 Å². The van der Waals surface area contributed by atoms with E-state index >= 15 is 0 Å². The van der Waals surface area contributed by atoms with Crippen LogP contribution in [0.15, 0.2) is 79.1 Å². The van der Waals surface area contributed by atoms with Crippen LogP contribution in [-0.2, 0) is 4.79 Å². The molecular formula is C29H32N8O. The Morgan fingerprint density at radius 3 is 2.66 bits per heavy atom. The minimum atomic E-state index is -0.174. The molecule has 1 aliphatic heterocycles. The first kappa shape index (κ1) is 25.3. The van der Waals surface area contributed by atoms with Gasteiger partial charge in [-0.2, -0.15) is 0 Å². The number of carbonyl (C=O) groups is 1. The van der Waals surface area contributed by atoms with Crippen LogP contribution in [0.1, 0.15) is 0 Å². The minimum Gasteiger partial charge on any atom is -0.369 e. The van der Waals surface area contributed by atoms with Crippen LogP contribution < -0.4 is 20.9 Å². The van der Waals surface area contributed by atoms with Crippen molar-refractivity contribution >= 4 is 39.8 Å². The molecule has 38 heavy (non-hydrogen) atoms. The molecule has 1 aliphatic rings. The third-order valence-electron chi connectivity index (χ3n) is 6.25. The average molecular weight is 509 g/mol. The summed E-state index contributed by atoms with van der Waals surface area (Å²) in [7, 11) is 3.91. The Labute approximate surface area is 222 Å². The van der Waals surface area contributed by atoms with E-state index in [2.05, 4.69) is 43.0 Å². The number of hydrogen-bond donors (Lipinski definition) is 3. The number of rotatable bonds is 8. The van der Waals surface area contributed by atoms with Crippen LogP contribution in [0.4, 0.5) is 23.0 Å². The van der Waals surface area contributed by atoms with Crippen LogP contribution in [0.3, 0.4) is 0 Å². The minimum absolute atomic E-state index is 0.174. The van der Waals surface area contributed by atoms with E-state index in [0.717, 1.165) is 54.0 Å². The van der Waals surface area contributed by atoms with E-state index in [1.807, 2.05) is 67.5 Å². The highest BCUT2D eigenvalue weighted by atomic mass is 16.1. The summed E-state index contributed by atoms with van der Waals surface area (Å²) in [5, 5.41) is 10.5. The second-order valence-electron chi connectivity index (χ2n) is 9.43. The highest BCUT2D eigenvalue weighted by Gasteiger charge is 2.12. The van der Waals surface area contributed by atoms with Gasteiger partial charge < -0.3 is 25.8 Å². The van der Waals surface area contributed by atoms with E-state index in [4.69, 9.17) is 4.98 Å². The largest absolute Gasteiger partial charge is 0.369 e. The molecule has 9 heteroatoms. The maximum Gasteiger partial charge on any atom is 0.248 e. The SMILES string of the molecule is CN(C)CC=CC(=O)Nc1cccc(-c2nccc3cnc(Nc4ccc(N5CCNCC5)cc4)nc23)c1. The first-order valence-electron chi connectivity index (χ1n) is 12.7. The summed E-state index contributed by atoms with van der Waals surface area (Å²) in [5.74, 6) is 0.323. The number of pyridine rings is 1. The molecule has 3 N–H and O–H groups in total. The van der Waals surface area contributed by atoms with Gasteiger partial charge in [-0.3, -0.25) is 9.78 Å². The average Bonchev–Trinajstić information content (AvgIpc) is 2.93. The fraction of sp³-hybridized carbons (Fsp3) is 0.241. The smallest absolute Gasteiger partial charge is 0.248 e. The first-order chi connectivity index (χ1) is 18.5. The van der Waals surface area contributed by atoms with Crippen LogP contribution in [0.5, 0.6) is 0 Å². The lowest BCUT2D eigenvalue weighted by atomic mass is 10.1. The second kappa shape index (κ2) is 11.8. The normalized spacial score (nSPS) is 13.8. The number of likely N-dealkylation sites (N-methyl/N-ethyl adjacent to an activating group) is 1. The monoisotopic (exact) mass is 508 g/mol. The van der Waals surface area contributed by atoms with E-state index in [1.165, 1.54) is 5.69 Å². The number of amides is 1. The summed E-state index contributed by atoms with van der Waals surface area (Å²) in [4.78, 5) is 30.6. The van der Waals surface area contributed by atoms with E-state index in [-0.39, 0.29) is 5.91 Å². The molecule has 0 saturated carbocycles. The number of nitrogens with one attached hydrogen (secondary N) is 3. The zero-order valence-corrected chi connectivity index (χ0v) is 21.7. The highest BCUT2D eigenvalue weighted by Crippen LogP contribution is 2.28. The Bertz CT molecular complexity index is 1430. The molecule has 0 bridgehead atoms. The van der Waals surface area contributed by atoms with Crippen molar-refractivity contribution in [2.24, 2.45) is 0 Å². The Morgan fingerprint density at radius 1 is 1.05 bits per heavy atom. The van der Waals surface area contributed by atoms with Crippen molar-refractivity contribution in [1.29, 1.82) is 0 Å². The lowest BCUT2D eigenvalue weighted by Gasteiger charge is -2.29.